The largest absolute Gasteiger partial charge is 0.480 e. The van der Waals surface area contributed by atoms with Crippen LogP contribution in [0.3, 0.4) is 0 Å². The summed E-state index contributed by atoms with van der Waals surface area (Å²) in [6, 6.07) is 0.209. The normalized spacial score (nSPS) is 16.8. The number of likely N-dealkylation sites (N-methyl/N-ethyl adjacent to an activating group) is 1. The average Bonchev–Trinajstić information content (AvgIpc) is 2.28. The lowest BCUT2D eigenvalue weighted by Crippen LogP contribution is -2.51. The molecule has 2 atom stereocenters. The Hall–Kier alpha value is -0.650. The maximum atomic E-state index is 11.2. The minimum atomic E-state index is -0.866. The summed E-state index contributed by atoms with van der Waals surface area (Å²) in [6.07, 6.45) is 1.53. The highest BCUT2D eigenvalue weighted by Crippen LogP contribution is 2.15. The molecule has 0 radical (unpaired) electrons. The fourth-order valence-electron chi connectivity index (χ4n) is 1.72. The van der Waals surface area contributed by atoms with Gasteiger partial charge in [-0.25, -0.2) is 0 Å². The number of nitrogens with zero attached hydrogens (tertiary/aromatic N) is 1. The molecular formula is C12H26N2O3. The summed E-state index contributed by atoms with van der Waals surface area (Å²) >= 11 is 0. The highest BCUT2D eigenvalue weighted by Gasteiger charge is 2.33. The SMILES string of the molecule is CNC(C)(CC(C)N(C)CCCOC)C(=O)O. The Morgan fingerprint density at radius 1 is 1.59 bits per heavy atom. The Balaban J connectivity index is 4.21. The Morgan fingerprint density at radius 2 is 2.18 bits per heavy atom. The van der Waals surface area contributed by atoms with E-state index in [4.69, 9.17) is 4.74 Å². The fourth-order valence-corrected chi connectivity index (χ4v) is 1.72. The van der Waals surface area contributed by atoms with Crippen molar-refractivity contribution in [3.05, 3.63) is 0 Å². The summed E-state index contributed by atoms with van der Waals surface area (Å²) in [5, 5.41) is 12.1. The van der Waals surface area contributed by atoms with Crippen LogP contribution in [0.2, 0.25) is 0 Å². The fraction of sp³-hybridized carbons (Fsp3) is 0.917. The Labute approximate surface area is 104 Å². The van der Waals surface area contributed by atoms with E-state index in [1.54, 1.807) is 21.1 Å². The number of nitrogens with one attached hydrogen (secondary N) is 1. The van der Waals surface area contributed by atoms with E-state index < -0.39 is 11.5 Å². The zero-order chi connectivity index (χ0) is 13.5. The maximum absolute atomic E-state index is 11.2. The molecule has 0 aliphatic heterocycles. The number of hydrogen-bond donors (Lipinski definition) is 2. The summed E-state index contributed by atoms with van der Waals surface area (Å²) in [7, 11) is 5.38. The molecule has 2 N–H and O–H groups in total. The number of carboxylic acid groups (broad SMARTS) is 1. The maximum Gasteiger partial charge on any atom is 0.323 e. The first-order valence-electron chi connectivity index (χ1n) is 5.99. The summed E-state index contributed by atoms with van der Waals surface area (Å²) in [6.45, 7) is 5.41. The average molecular weight is 246 g/mol. The van der Waals surface area contributed by atoms with Crippen molar-refractivity contribution >= 4 is 5.97 Å². The number of carboxylic acids is 1. The van der Waals surface area contributed by atoms with Crippen LogP contribution in [0.1, 0.15) is 26.7 Å². The first-order valence-corrected chi connectivity index (χ1v) is 5.99. The van der Waals surface area contributed by atoms with Gasteiger partial charge in [0.05, 0.1) is 0 Å². The number of rotatable bonds is 9. The van der Waals surface area contributed by atoms with Crippen molar-refractivity contribution in [2.75, 3.05) is 34.4 Å². The van der Waals surface area contributed by atoms with E-state index in [1.165, 1.54) is 0 Å². The van der Waals surface area contributed by atoms with Crippen molar-refractivity contribution in [1.29, 1.82) is 0 Å². The second-order valence-electron chi connectivity index (χ2n) is 4.77. The molecule has 0 fully saturated rings. The Morgan fingerprint density at radius 3 is 2.59 bits per heavy atom. The van der Waals surface area contributed by atoms with Gasteiger partial charge in [0, 0.05) is 26.3 Å². The molecular weight excluding hydrogens is 220 g/mol. The van der Waals surface area contributed by atoms with Gasteiger partial charge in [0.25, 0.3) is 0 Å². The van der Waals surface area contributed by atoms with Crippen molar-refractivity contribution in [1.82, 2.24) is 10.2 Å². The third-order valence-electron chi connectivity index (χ3n) is 3.34. The molecule has 0 bridgehead atoms. The number of carbonyl (C=O) groups is 1. The van der Waals surface area contributed by atoms with Crippen LogP contribution >= 0.6 is 0 Å². The van der Waals surface area contributed by atoms with Crippen LogP contribution in [-0.2, 0) is 9.53 Å². The monoisotopic (exact) mass is 246 g/mol. The van der Waals surface area contributed by atoms with Gasteiger partial charge < -0.3 is 20.1 Å². The third kappa shape index (κ3) is 5.48. The molecule has 0 amide bonds. The Kier molecular flexibility index (Phi) is 7.34. The predicted molar refractivity (Wildman–Crippen MR) is 68.3 cm³/mol. The van der Waals surface area contributed by atoms with E-state index in [0.29, 0.717) is 6.42 Å². The van der Waals surface area contributed by atoms with Crippen molar-refractivity contribution < 1.29 is 14.6 Å². The lowest BCUT2D eigenvalue weighted by Gasteiger charge is -2.32. The first kappa shape index (κ1) is 16.4. The van der Waals surface area contributed by atoms with Crippen LogP contribution in [0, 0.1) is 0 Å². The molecule has 0 heterocycles. The molecule has 0 rings (SSSR count). The number of methoxy groups -OCH3 is 1. The molecule has 2 unspecified atom stereocenters. The van der Waals surface area contributed by atoms with Crippen LogP contribution < -0.4 is 5.32 Å². The van der Waals surface area contributed by atoms with Gasteiger partial charge in [0.1, 0.15) is 5.54 Å². The molecule has 0 spiro atoms. The molecule has 0 aliphatic rings. The molecule has 5 heteroatoms. The van der Waals surface area contributed by atoms with Crippen LogP contribution in [0.25, 0.3) is 0 Å². The van der Waals surface area contributed by atoms with E-state index in [0.717, 1.165) is 19.6 Å². The van der Waals surface area contributed by atoms with Crippen molar-refractivity contribution in [2.45, 2.75) is 38.3 Å². The van der Waals surface area contributed by atoms with Crippen molar-refractivity contribution in [2.24, 2.45) is 0 Å². The highest BCUT2D eigenvalue weighted by molar-refractivity contribution is 5.78. The standard InChI is InChI=1S/C12H26N2O3/c1-10(14(4)7-6-8-17-5)9-12(2,13-3)11(15)16/h10,13H,6-9H2,1-5H3,(H,15,16). The predicted octanol–water partition coefficient (Wildman–Crippen LogP) is 0.796. The molecule has 0 aromatic carbocycles. The molecule has 0 saturated heterocycles. The molecule has 102 valence electrons. The lowest BCUT2D eigenvalue weighted by molar-refractivity contribution is -0.144. The van der Waals surface area contributed by atoms with E-state index in [-0.39, 0.29) is 6.04 Å². The third-order valence-corrected chi connectivity index (χ3v) is 3.34. The van der Waals surface area contributed by atoms with Gasteiger partial charge in [-0.1, -0.05) is 0 Å². The molecule has 0 aromatic heterocycles. The highest BCUT2D eigenvalue weighted by atomic mass is 16.5. The molecule has 0 aliphatic carbocycles. The van der Waals surface area contributed by atoms with Gasteiger partial charge >= 0.3 is 5.97 Å². The zero-order valence-corrected chi connectivity index (χ0v) is 11.6. The molecule has 0 saturated carbocycles. The minimum Gasteiger partial charge on any atom is -0.480 e. The lowest BCUT2D eigenvalue weighted by atomic mass is 9.93. The van der Waals surface area contributed by atoms with Crippen molar-refractivity contribution in [3.8, 4) is 0 Å². The van der Waals surface area contributed by atoms with Gasteiger partial charge in [-0.15, -0.1) is 0 Å². The molecule has 0 aromatic rings. The van der Waals surface area contributed by atoms with Gasteiger partial charge in [-0.2, -0.15) is 0 Å². The number of ether oxygens (including phenoxy) is 1. The van der Waals surface area contributed by atoms with Crippen LogP contribution in [0.4, 0.5) is 0 Å². The summed E-state index contributed by atoms with van der Waals surface area (Å²) in [5.41, 5.74) is -0.866. The summed E-state index contributed by atoms with van der Waals surface area (Å²) < 4.78 is 5.00. The quantitative estimate of drug-likeness (QED) is 0.589. The minimum absolute atomic E-state index is 0.209. The van der Waals surface area contributed by atoms with E-state index >= 15 is 0 Å². The van der Waals surface area contributed by atoms with E-state index in [1.807, 2.05) is 14.0 Å². The van der Waals surface area contributed by atoms with E-state index in [2.05, 4.69) is 10.2 Å². The summed E-state index contributed by atoms with van der Waals surface area (Å²) in [4.78, 5) is 13.3. The van der Waals surface area contributed by atoms with Gasteiger partial charge in [-0.3, -0.25) is 4.79 Å². The second-order valence-corrected chi connectivity index (χ2v) is 4.77. The topological polar surface area (TPSA) is 61.8 Å². The zero-order valence-electron chi connectivity index (χ0n) is 11.6. The first-order chi connectivity index (χ1) is 7.87. The number of hydrogen-bond acceptors (Lipinski definition) is 4. The van der Waals surface area contributed by atoms with Crippen LogP contribution in [0.15, 0.2) is 0 Å². The van der Waals surface area contributed by atoms with Crippen LogP contribution in [0.5, 0.6) is 0 Å². The smallest absolute Gasteiger partial charge is 0.323 e. The number of aliphatic carboxylic acids is 1. The molecule has 5 nitrogen and oxygen atoms in total. The van der Waals surface area contributed by atoms with Gasteiger partial charge in [0.2, 0.25) is 0 Å². The van der Waals surface area contributed by atoms with E-state index in [9.17, 15) is 9.90 Å². The summed E-state index contributed by atoms with van der Waals surface area (Å²) in [5.74, 6) is -0.808. The van der Waals surface area contributed by atoms with Crippen LogP contribution in [-0.4, -0.2) is 61.9 Å². The van der Waals surface area contributed by atoms with Gasteiger partial charge in [0.15, 0.2) is 0 Å². The molecule has 17 heavy (non-hydrogen) atoms. The Bertz CT molecular complexity index is 236. The van der Waals surface area contributed by atoms with Gasteiger partial charge in [-0.05, 0) is 40.8 Å². The second kappa shape index (κ2) is 7.63. The van der Waals surface area contributed by atoms with Crippen molar-refractivity contribution in [3.63, 3.8) is 0 Å².